The fraction of sp³-hybridized carbons (Fsp3) is 0.227. The van der Waals surface area contributed by atoms with Gasteiger partial charge in [0.15, 0.2) is 18.1 Å². The third kappa shape index (κ3) is 6.40. The summed E-state index contributed by atoms with van der Waals surface area (Å²) < 4.78 is 10.7. The molecule has 2 rings (SSSR count). The van der Waals surface area contributed by atoms with E-state index in [-0.39, 0.29) is 17.4 Å². The lowest BCUT2D eigenvalue weighted by atomic mass is 10.1. The molecule has 0 aliphatic rings. The second kappa shape index (κ2) is 10.5. The van der Waals surface area contributed by atoms with E-state index >= 15 is 0 Å². The zero-order valence-corrected chi connectivity index (χ0v) is 16.2. The van der Waals surface area contributed by atoms with Gasteiger partial charge in [-0.2, -0.15) is 5.26 Å². The van der Waals surface area contributed by atoms with Gasteiger partial charge in [-0.05, 0) is 43.2 Å². The van der Waals surface area contributed by atoms with Crippen LogP contribution < -0.4 is 14.8 Å². The minimum atomic E-state index is -1.10. The van der Waals surface area contributed by atoms with Crippen molar-refractivity contribution in [2.45, 2.75) is 19.9 Å². The van der Waals surface area contributed by atoms with Crippen molar-refractivity contribution in [2.75, 3.05) is 13.2 Å². The Kier molecular flexibility index (Phi) is 7.80. The summed E-state index contributed by atoms with van der Waals surface area (Å²) in [5, 5.41) is 21.0. The van der Waals surface area contributed by atoms with Crippen LogP contribution in [0.4, 0.5) is 0 Å². The summed E-state index contributed by atoms with van der Waals surface area (Å²) in [4.78, 5) is 23.2. The first-order chi connectivity index (χ1) is 13.9. The van der Waals surface area contributed by atoms with Crippen LogP contribution in [-0.2, 0) is 9.59 Å². The van der Waals surface area contributed by atoms with E-state index in [2.05, 4.69) is 5.32 Å². The second-order valence-corrected chi connectivity index (χ2v) is 6.10. The molecule has 0 heterocycles. The highest BCUT2D eigenvalue weighted by atomic mass is 16.5. The van der Waals surface area contributed by atoms with E-state index in [0.717, 1.165) is 5.56 Å². The largest absolute Gasteiger partial charge is 0.490 e. The molecule has 150 valence electrons. The predicted octanol–water partition coefficient (Wildman–Crippen LogP) is 3.33. The third-order valence-corrected chi connectivity index (χ3v) is 3.94. The first-order valence-corrected chi connectivity index (χ1v) is 9.03. The molecule has 2 aromatic rings. The minimum Gasteiger partial charge on any atom is -0.490 e. The van der Waals surface area contributed by atoms with Crippen LogP contribution in [0.25, 0.3) is 6.08 Å². The summed E-state index contributed by atoms with van der Waals surface area (Å²) >= 11 is 0. The van der Waals surface area contributed by atoms with Crippen LogP contribution in [0, 0.1) is 11.3 Å². The maximum absolute atomic E-state index is 12.5. The molecule has 0 aromatic heterocycles. The van der Waals surface area contributed by atoms with E-state index in [9.17, 15) is 14.9 Å². The van der Waals surface area contributed by atoms with Crippen LogP contribution >= 0.6 is 0 Å². The smallest absolute Gasteiger partial charge is 0.341 e. The fourth-order valence-electron chi connectivity index (χ4n) is 2.56. The average Bonchev–Trinajstić information content (AvgIpc) is 2.72. The maximum atomic E-state index is 12.5. The van der Waals surface area contributed by atoms with E-state index in [1.165, 1.54) is 6.08 Å². The number of nitriles is 1. The van der Waals surface area contributed by atoms with E-state index in [1.807, 2.05) is 43.3 Å². The highest BCUT2D eigenvalue weighted by Gasteiger charge is 2.14. The lowest BCUT2D eigenvalue weighted by Crippen LogP contribution is -2.27. The molecule has 1 atom stereocenters. The Balaban J connectivity index is 2.20. The Labute approximate surface area is 169 Å². The summed E-state index contributed by atoms with van der Waals surface area (Å²) in [5.74, 6) is -0.995. The SMILES string of the molecule is CCOc1cc(/C=C(\C#N)C(=O)N[C@H](C)c2ccccc2)ccc1OCC(=O)O. The summed E-state index contributed by atoms with van der Waals surface area (Å²) in [6.45, 7) is 3.46. The molecule has 29 heavy (non-hydrogen) atoms. The quantitative estimate of drug-likeness (QED) is 0.499. The summed E-state index contributed by atoms with van der Waals surface area (Å²) in [6.07, 6.45) is 1.44. The van der Waals surface area contributed by atoms with Crippen molar-refractivity contribution in [1.29, 1.82) is 5.26 Å². The Morgan fingerprint density at radius 3 is 2.52 bits per heavy atom. The Bertz CT molecular complexity index is 932. The molecule has 0 saturated heterocycles. The summed E-state index contributed by atoms with van der Waals surface area (Å²) in [5.41, 5.74) is 1.42. The molecule has 0 bridgehead atoms. The third-order valence-electron chi connectivity index (χ3n) is 3.94. The molecular weight excluding hydrogens is 372 g/mol. The molecule has 7 nitrogen and oxygen atoms in total. The number of carbonyl (C=O) groups is 2. The number of carboxylic acids is 1. The Morgan fingerprint density at radius 2 is 1.90 bits per heavy atom. The van der Waals surface area contributed by atoms with Crippen LogP contribution in [-0.4, -0.2) is 30.2 Å². The topological polar surface area (TPSA) is 109 Å². The van der Waals surface area contributed by atoms with E-state index in [4.69, 9.17) is 14.6 Å². The van der Waals surface area contributed by atoms with Gasteiger partial charge in [-0.3, -0.25) is 4.79 Å². The molecule has 0 radical (unpaired) electrons. The number of benzene rings is 2. The number of amides is 1. The molecule has 7 heteroatoms. The minimum absolute atomic E-state index is 0.0607. The molecule has 2 N–H and O–H groups in total. The Hall–Kier alpha value is -3.79. The molecular formula is C22H22N2O5. The van der Waals surface area contributed by atoms with Crippen LogP contribution in [0.3, 0.4) is 0 Å². The van der Waals surface area contributed by atoms with Gasteiger partial charge in [-0.15, -0.1) is 0 Å². The number of rotatable bonds is 9. The van der Waals surface area contributed by atoms with Crippen molar-refractivity contribution in [3.8, 4) is 17.6 Å². The van der Waals surface area contributed by atoms with Gasteiger partial charge < -0.3 is 19.9 Å². The summed E-state index contributed by atoms with van der Waals surface area (Å²) in [6, 6.07) is 15.8. The number of hydrogen-bond donors (Lipinski definition) is 2. The van der Waals surface area contributed by atoms with Crippen LogP contribution in [0.1, 0.15) is 31.0 Å². The molecule has 0 saturated carbocycles. The van der Waals surface area contributed by atoms with Crippen molar-refractivity contribution in [3.05, 3.63) is 65.2 Å². The Morgan fingerprint density at radius 1 is 1.17 bits per heavy atom. The van der Waals surface area contributed by atoms with Crippen LogP contribution in [0.15, 0.2) is 54.1 Å². The molecule has 0 aliphatic carbocycles. The van der Waals surface area contributed by atoms with Gasteiger partial charge in [0, 0.05) is 0 Å². The number of nitrogens with zero attached hydrogens (tertiary/aromatic N) is 1. The zero-order valence-electron chi connectivity index (χ0n) is 16.2. The number of nitrogens with one attached hydrogen (secondary N) is 1. The zero-order chi connectivity index (χ0) is 21.2. The predicted molar refractivity (Wildman–Crippen MR) is 107 cm³/mol. The molecule has 0 aliphatic heterocycles. The summed E-state index contributed by atoms with van der Waals surface area (Å²) in [7, 11) is 0. The van der Waals surface area contributed by atoms with E-state index in [1.54, 1.807) is 25.1 Å². The fourth-order valence-corrected chi connectivity index (χ4v) is 2.56. The van der Waals surface area contributed by atoms with Gasteiger partial charge in [-0.1, -0.05) is 36.4 Å². The van der Waals surface area contributed by atoms with Crippen molar-refractivity contribution >= 4 is 18.0 Å². The lowest BCUT2D eigenvalue weighted by molar-refractivity contribution is -0.139. The molecule has 2 aromatic carbocycles. The van der Waals surface area contributed by atoms with Gasteiger partial charge >= 0.3 is 5.97 Å². The van der Waals surface area contributed by atoms with Crippen LogP contribution in [0.2, 0.25) is 0 Å². The van der Waals surface area contributed by atoms with Crippen LogP contribution in [0.5, 0.6) is 11.5 Å². The van der Waals surface area contributed by atoms with Crippen molar-refractivity contribution < 1.29 is 24.2 Å². The van der Waals surface area contributed by atoms with Crippen molar-refractivity contribution in [3.63, 3.8) is 0 Å². The van der Waals surface area contributed by atoms with Gasteiger partial charge in [0.05, 0.1) is 12.6 Å². The standard InChI is InChI=1S/C22H22N2O5/c1-3-28-20-12-16(9-10-19(20)29-14-21(25)26)11-18(13-23)22(27)24-15(2)17-7-5-4-6-8-17/h4-12,15H,3,14H2,1-2H3,(H,24,27)(H,25,26)/b18-11+/t15-/m1/s1. The molecule has 1 amide bonds. The lowest BCUT2D eigenvalue weighted by Gasteiger charge is -2.14. The van der Waals surface area contributed by atoms with Gasteiger partial charge in [0.1, 0.15) is 11.6 Å². The van der Waals surface area contributed by atoms with Crippen molar-refractivity contribution in [2.24, 2.45) is 0 Å². The number of hydrogen-bond acceptors (Lipinski definition) is 5. The van der Waals surface area contributed by atoms with Gasteiger partial charge in [-0.25, -0.2) is 4.79 Å². The number of carbonyl (C=O) groups excluding carboxylic acids is 1. The molecule has 0 fully saturated rings. The average molecular weight is 394 g/mol. The number of carboxylic acid groups (broad SMARTS) is 1. The van der Waals surface area contributed by atoms with Crippen molar-refractivity contribution in [1.82, 2.24) is 5.32 Å². The number of aliphatic carboxylic acids is 1. The number of ether oxygens (including phenoxy) is 2. The second-order valence-electron chi connectivity index (χ2n) is 6.10. The monoisotopic (exact) mass is 394 g/mol. The maximum Gasteiger partial charge on any atom is 0.341 e. The van der Waals surface area contributed by atoms with Gasteiger partial charge in [0.25, 0.3) is 5.91 Å². The van der Waals surface area contributed by atoms with Gasteiger partial charge in [0.2, 0.25) is 0 Å². The van der Waals surface area contributed by atoms with E-state index in [0.29, 0.717) is 17.9 Å². The highest BCUT2D eigenvalue weighted by molar-refractivity contribution is 6.01. The first-order valence-electron chi connectivity index (χ1n) is 9.03. The molecule has 0 spiro atoms. The normalized spacial score (nSPS) is 11.8. The van der Waals surface area contributed by atoms with E-state index < -0.39 is 18.5 Å². The first kappa shape index (κ1) is 21.5. The molecule has 0 unspecified atom stereocenters. The highest BCUT2D eigenvalue weighted by Crippen LogP contribution is 2.29.